The summed E-state index contributed by atoms with van der Waals surface area (Å²) in [4.78, 5) is 11.8. The molecule has 0 amide bonds. The smallest absolute Gasteiger partial charge is 0.176 e. The van der Waals surface area contributed by atoms with Gasteiger partial charge in [-0.2, -0.15) is 0 Å². The van der Waals surface area contributed by atoms with Gasteiger partial charge in [0.2, 0.25) is 0 Å². The largest absolute Gasteiger partial charge is 0.313 e. The average molecular weight is 241 g/mol. The van der Waals surface area contributed by atoms with Crippen molar-refractivity contribution in [3.63, 3.8) is 0 Å². The fourth-order valence-electron chi connectivity index (χ4n) is 1.50. The van der Waals surface area contributed by atoms with Crippen molar-refractivity contribution in [3.05, 3.63) is 29.3 Å². The van der Waals surface area contributed by atoms with Gasteiger partial charge in [0.25, 0.3) is 0 Å². The Labute approximate surface area is 95.6 Å². The molecule has 0 bridgehead atoms. The molecule has 0 aromatic heterocycles. The van der Waals surface area contributed by atoms with Crippen molar-refractivity contribution >= 4 is 15.6 Å². The monoisotopic (exact) mass is 241 g/mol. The van der Waals surface area contributed by atoms with Gasteiger partial charge in [-0.1, -0.05) is 6.07 Å². The molecule has 0 unspecified atom stereocenters. The molecule has 1 rings (SSSR count). The van der Waals surface area contributed by atoms with Crippen molar-refractivity contribution in [1.29, 1.82) is 0 Å². The summed E-state index contributed by atoms with van der Waals surface area (Å²) in [5.74, 6) is -0.0503. The normalized spacial score (nSPS) is 11.4. The van der Waals surface area contributed by atoms with E-state index in [0.717, 1.165) is 6.26 Å². The van der Waals surface area contributed by atoms with E-state index >= 15 is 0 Å². The van der Waals surface area contributed by atoms with Crippen LogP contribution < -0.4 is 5.32 Å². The first-order valence-corrected chi connectivity index (χ1v) is 6.74. The third kappa shape index (κ3) is 2.90. The van der Waals surface area contributed by atoms with Crippen LogP contribution in [0.15, 0.2) is 23.1 Å². The highest BCUT2D eigenvalue weighted by atomic mass is 32.2. The molecule has 1 N–H and O–H groups in total. The van der Waals surface area contributed by atoms with Crippen LogP contribution in [0.25, 0.3) is 0 Å². The van der Waals surface area contributed by atoms with Crippen LogP contribution in [0.5, 0.6) is 0 Å². The second-order valence-corrected chi connectivity index (χ2v) is 5.69. The number of hydrogen-bond donors (Lipinski definition) is 1. The van der Waals surface area contributed by atoms with Crippen LogP contribution in [0.3, 0.4) is 0 Å². The number of sulfone groups is 1. The van der Waals surface area contributed by atoms with Crippen molar-refractivity contribution in [3.8, 4) is 0 Å². The van der Waals surface area contributed by atoms with Gasteiger partial charge in [0, 0.05) is 11.8 Å². The minimum Gasteiger partial charge on any atom is -0.313 e. The molecule has 0 aliphatic carbocycles. The lowest BCUT2D eigenvalue weighted by molar-refractivity contribution is 0.0993. The van der Waals surface area contributed by atoms with E-state index in [2.05, 4.69) is 5.32 Å². The van der Waals surface area contributed by atoms with Crippen LogP contribution in [-0.2, 0) is 9.84 Å². The van der Waals surface area contributed by atoms with E-state index in [1.165, 1.54) is 6.07 Å². The Morgan fingerprint density at radius 2 is 2.00 bits per heavy atom. The van der Waals surface area contributed by atoms with Gasteiger partial charge in [-0.3, -0.25) is 4.79 Å². The molecule has 0 aliphatic heterocycles. The third-order valence-electron chi connectivity index (χ3n) is 2.23. The van der Waals surface area contributed by atoms with Gasteiger partial charge in [-0.05, 0) is 31.7 Å². The lowest BCUT2D eigenvalue weighted by atomic mass is 10.1. The zero-order chi connectivity index (χ0) is 12.3. The van der Waals surface area contributed by atoms with Crippen molar-refractivity contribution in [1.82, 2.24) is 5.32 Å². The Morgan fingerprint density at radius 3 is 2.44 bits per heavy atom. The highest BCUT2D eigenvalue weighted by Crippen LogP contribution is 2.16. The zero-order valence-electron chi connectivity index (χ0n) is 9.57. The molecule has 4 nitrogen and oxygen atoms in total. The van der Waals surface area contributed by atoms with Crippen LogP contribution in [0.4, 0.5) is 0 Å². The molecule has 1 aromatic carbocycles. The molecule has 0 radical (unpaired) electrons. The molecule has 0 saturated heterocycles. The zero-order valence-corrected chi connectivity index (χ0v) is 10.4. The van der Waals surface area contributed by atoms with Gasteiger partial charge in [0.15, 0.2) is 15.6 Å². The van der Waals surface area contributed by atoms with E-state index < -0.39 is 9.84 Å². The SMILES string of the molecule is CNCC(=O)c1ccc(S(C)(=O)=O)c(C)c1. The standard InChI is InChI=1S/C11H15NO3S/c1-8-6-9(10(13)7-12-2)4-5-11(8)16(3,14)15/h4-6,12H,7H2,1-3H3. The van der Waals surface area contributed by atoms with Crippen LogP contribution in [0.2, 0.25) is 0 Å². The van der Waals surface area contributed by atoms with Gasteiger partial charge >= 0.3 is 0 Å². The Hall–Kier alpha value is -1.20. The molecule has 5 heteroatoms. The lowest BCUT2D eigenvalue weighted by Gasteiger charge is -2.06. The number of aryl methyl sites for hydroxylation is 1. The number of carbonyl (C=O) groups is 1. The van der Waals surface area contributed by atoms with Gasteiger partial charge in [0.05, 0.1) is 11.4 Å². The average Bonchev–Trinajstić information content (AvgIpc) is 2.16. The van der Waals surface area contributed by atoms with Crippen molar-refractivity contribution in [2.75, 3.05) is 19.8 Å². The highest BCUT2D eigenvalue weighted by Gasteiger charge is 2.13. The number of hydrogen-bond acceptors (Lipinski definition) is 4. The van der Waals surface area contributed by atoms with E-state index in [-0.39, 0.29) is 17.2 Å². The first kappa shape index (κ1) is 12.9. The number of carbonyl (C=O) groups excluding carboxylic acids is 1. The van der Waals surface area contributed by atoms with Crippen LogP contribution >= 0.6 is 0 Å². The van der Waals surface area contributed by atoms with E-state index in [9.17, 15) is 13.2 Å². The molecule has 1 aromatic rings. The highest BCUT2D eigenvalue weighted by molar-refractivity contribution is 7.90. The molecule has 0 aliphatic rings. The number of Topliss-reactive ketones (excluding diaryl/α,β-unsaturated/α-hetero) is 1. The van der Waals surface area contributed by atoms with Gasteiger partial charge in [0.1, 0.15) is 0 Å². The molecular formula is C11H15NO3S. The number of benzene rings is 1. The summed E-state index contributed by atoms with van der Waals surface area (Å²) >= 11 is 0. The Bertz CT molecular complexity index is 506. The first-order chi connectivity index (χ1) is 7.36. The van der Waals surface area contributed by atoms with Crippen LogP contribution in [0.1, 0.15) is 15.9 Å². The maximum atomic E-state index is 11.5. The predicted octanol–water partition coefficient (Wildman–Crippen LogP) is 0.801. The van der Waals surface area contributed by atoms with Gasteiger partial charge in [-0.15, -0.1) is 0 Å². The van der Waals surface area contributed by atoms with Crippen molar-refractivity contribution < 1.29 is 13.2 Å². The molecule has 0 spiro atoms. The molecule has 0 fully saturated rings. The molecule has 88 valence electrons. The Kier molecular flexibility index (Phi) is 3.83. The summed E-state index contributed by atoms with van der Waals surface area (Å²) in [6, 6.07) is 4.63. The Morgan fingerprint density at radius 1 is 1.38 bits per heavy atom. The van der Waals surface area contributed by atoms with E-state index in [1.54, 1.807) is 26.1 Å². The first-order valence-electron chi connectivity index (χ1n) is 4.84. The number of ketones is 1. The summed E-state index contributed by atoms with van der Waals surface area (Å²) in [7, 11) is -1.53. The van der Waals surface area contributed by atoms with Crippen molar-refractivity contribution in [2.45, 2.75) is 11.8 Å². The molecule has 0 atom stereocenters. The predicted molar refractivity (Wildman–Crippen MR) is 62.5 cm³/mol. The number of likely N-dealkylation sites (N-methyl/N-ethyl adjacent to an activating group) is 1. The van der Waals surface area contributed by atoms with Crippen LogP contribution in [0, 0.1) is 6.92 Å². The lowest BCUT2D eigenvalue weighted by Crippen LogP contribution is -2.18. The van der Waals surface area contributed by atoms with Gasteiger partial charge in [-0.25, -0.2) is 8.42 Å². The second-order valence-electron chi connectivity index (χ2n) is 3.71. The topological polar surface area (TPSA) is 63.2 Å². The maximum absolute atomic E-state index is 11.5. The molecule has 0 heterocycles. The number of nitrogens with one attached hydrogen (secondary N) is 1. The van der Waals surface area contributed by atoms with E-state index in [0.29, 0.717) is 11.1 Å². The van der Waals surface area contributed by atoms with Crippen LogP contribution in [-0.4, -0.2) is 34.0 Å². The summed E-state index contributed by atoms with van der Waals surface area (Å²) in [5, 5.41) is 2.76. The summed E-state index contributed by atoms with van der Waals surface area (Å²) in [6.07, 6.45) is 1.16. The summed E-state index contributed by atoms with van der Waals surface area (Å²) in [6.45, 7) is 1.93. The summed E-state index contributed by atoms with van der Waals surface area (Å²) in [5.41, 5.74) is 1.13. The minimum atomic E-state index is -3.22. The summed E-state index contributed by atoms with van der Waals surface area (Å²) < 4.78 is 22.7. The van der Waals surface area contributed by atoms with Gasteiger partial charge < -0.3 is 5.32 Å². The third-order valence-corrected chi connectivity index (χ3v) is 3.49. The fraction of sp³-hybridized carbons (Fsp3) is 0.364. The molecule has 16 heavy (non-hydrogen) atoms. The fourth-order valence-corrected chi connectivity index (χ4v) is 2.46. The quantitative estimate of drug-likeness (QED) is 0.792. The van der Waals surface area contributed by atoms with Crippen molar-refractivity contribution in [2.24, 2.45) is 0 Å². The molecule has 0 saturated carbocycles. The van der Waals surface area contributed by atoms with E-state index in [4.69, 9.17) is 0 Å². The number of rotatable bonds is 4. The minimum absolute atomic E-state index is 0.0503. The maximum Gasteiger partial charge on any atom is 0.176 e. The van der Waals surface area contributed by atoms with E-state index in [1.807, 2.05) is 0 Å². The second kappa shape index (κ2) is 4.76. The molecular weight excluding hydrogens is 226 g/mol. The Balaban J connectivity index is 3.14.